The average Bonchev–Trinajstić information content (AvgIpc) is 3.47. The van der Waals surface area contributed by atoms with Crippen LogP contribution in [0.5, 0.6) is 11.5 Å². The van der Waals surface area contributed by atoms with Gasteiger partial charge in [-0.05, 0) is 37.1 Å². The van der Waals surface area contributed by atoms with Crippen molar-refractivity contribution >= 4 is 38.4 Å². The number of rotatable bonds is 6. The summed E-state index contributed by atoms with van der Waals surface area (Å²) >= 11 is 3.64. The zero-order valence-electron chi connectivity index (χ0n) is 18.3. The first kappa shape index (κ1) is 21.0. The summed E-state index contributed by atoms with van der Waals surface area (Å²) < 4.78 is 20.4. The van der Waals surface area contributed by atoms with Crippen molar-refractivity contribution in [3.05, 3.63) is 58.3 Å². The topological polar surface area (TPSA) is 69.9 Å². The molecule has 4 aromatic rings. The van der Waals surface area contributed by atoms with E-state index in [2.05, 4.69) is 58.3 Å². The number of nitrogens with zero attached hydrogens (tertiary/aromatic N) is 3. The summed E-state index contributed by atoms with van der Waals surface area (Å²) in [5.74, 6) is 2.73. The monoisotopic (exact) mass is 496 g/mol. The second kappa shape index (κ2) is 8.60. The molecular formula is C24H25BrN4O3. The fourth-order valence-electron chi connectivity index (χ4n) is 4.19. The number of methoxy groups -OCH3 is 1. The van der Waals surface area contributed by atoms with Crippen LogP contribution in [0.25, 0.3) is 16.7 Å². The Morgan fingerprint density at radius 2 is 2.16 bits per heavy atom. The van der Waals surface area contributed by atoms with Crippen LogP contribution in [0.4, 0.5) is 5.82 Å². The van der Waals surface area contributed by atoms with Crippen molar-refractivity contribution in [3.63, 3.8) is 0 Å². The van der Waals surface area contributed by atoms with Gasteiger partial charge in [-0.3, -0.25) is 4.40 Å². The zero-order chi connectivity index (χ0) is 22.2. The molecule has 0 radical (unpaired) electrons. The van der Waals surface area contributed by atoms with Crippen molar-refractivity contribution in [1.29, 1.82) is 0 Å². The standard InChI is InChI=1S/C24H25BrN4O3/c1-14-17(5-4-6-19(14)25)15(2)27-23-18-11-22(32-16-7-10-31-13-16)21(30-3)12-20(18)29-9-8-26-24(29)28-23/h4-6,8-9,11-12,15-16H,7,10,13H2,1-3H3,(H,26,27,28)/t15-,16?/m1/s1. The smallest absolute Gasteiger partial charge is 0.236 e. The van der Waals surface area contributed by atoms with Gasteiger partial charge in [0.2, 0.25) is 5.78 Å². The molecule has 1 fully saturated rings. The summed E-state index contributed by atoms with van der Waals surface area (Å²) in [5.41, 5.74) is 3.34. The highest BCUT2D eigenvalue weighted by Gasteiger charge is 2.22. The molecule has 8 heteroatoms. The summed E-state index contributed by atoms with van der Waals surface area (Å²) in [6, 6.07) is 10.3. The molecule has 1 unspecified atom stereocenters. The third-order valence-electron chi connectivity index (χ3n) is 5.94. The fourth-order valence-corrected chi connectivity index (χ4v) is 4.57. The van der Waals surface area contributed by atoms with E-state index in [1.165, 1.54) is 11.1 Å². The number of imidazole rings is 1. The van der Waals surface area contributed by atoms with E-state index in [9.17, 15) is 0 Å². The van der Waals surface area contributed by atoms with Gasteiger partial charge >= 0.3 is 0 Å². The van der Waals surface area contributed by atoms with E-state index < -0.39 is 0 Å². The number of hydrogen-bond acceptors (Lipinski definition) is 6. The second-order valence-corrected chi connectivity index (χ2v) is 8.86. The van der Waals surface area contributed by atoms with Crippen LogP contribution in [-0.4, -0.2) is 40.8 Å². The maximum atomic E-state index is 6.24. The molecule has 2 atom stereocenters. The highest BCUT2D eigenvalue weighted by Crippen LogP contribution is 2.37. The maximum Gasteiger partial charge on any atom is 0.236 e. The summed E-state index contributed by atoms with van der Waals surface area (Å²) in [4.78, 5) is 9.24. The van der Waals surface area contributed by atoms with Crippen LogP contribution in [0.1, 0.15) is 30.5 Å². The number of fused-ring (bicyclic) bond motifs is 3. The first-order valence-corrected chi connectivity index (χ1v) is 11.4. The van der Waals surface area contributed by atoms with E-state index in [-0.39, 0.29) is 12.1 Å². The number of halogens is 1. The Bertz CT molecular complexity index is 1280. The average molecular weight is 497 g/mol. The molecule has 1 aliphatic rings. The minimum Gasteiger partial charge on any atom is -0.493 e. The van der Waals surface area contributed by atoms with Crippen molar-refractivity contribution in [1.82, 2.24) is 14.4 Å². The number of ether oxygens (including phenoxy) is 3. The number of hydrogen-bond donors (Lipinski definition) is 1. The minimum absolute atomic E-state index is 0.0194. The zero-order valence-corrected chi connectivity index (χ0v) is 19.8. The van der Waals surface area contributed by atoms with Gasteiger partial charge in [-0.2, -0.15) is 4.98 Å². The van der Waals surface area contributed by atoms with E-state index in [1.807, 2.05) is 22.7 Å². The highest BCUT2D eigenvalue weighted by molar-refractivity contribution is 9.10. The van der Waals surface area contributed by atoms with E-state index in [4.69, 9.17) is 19.2 Å². The molecule has 2 aromatic heterocycles. The van der Waals surface area contributed by atoms with Crippen molar-refractivity contribution in [2.75, 3.05) is 25.6 Å². The molecule has 32 heavy (non-hydrogen) atoms. The largest absolute Gasteiger partial charge is 0.493 e. The van der Waals surface area contributed by atoms with Crippen molar-refractivity contribution in [3.8, 4) is 11.5 Å². The van der Waals surface area contributed by atoms with Crippen molar-refractivity contribution < 1.29 is 14.2 Å². The third-order valence-corrected chi connectivity index (χ3v) is 6.80. The van der Waals surface area contributed by atoms with Gasteiger partial charge in [0.1, 0.15) is 11.9 Å². The normalized spacial score (nSPS) is 17.1. The van der Waals surface area contributed by atoms with Gasteiger partial charge in [-0.15, -0.1) is 0 Å². The van der Waals surface area contributed by atoms with E-state index >= 15 is 0 Å². The third kappa shape index (κ3) is 3.78. The second-order valence-electron chi connectivity index (χ2n) is 8.00. The summed E-state index contributed by atoms with van der Waals surface area (Å²) in [6.07, 6.45) is 4.54. The van der Waals surface area contributed by atoms with Gasteiger partial charge in [-0.25, -0.2) is 4.98 Å². The SMILES string of the molecule is COc1cc2c(cc1OC1CCOC1)c(N[C@H](C)c1cccc(Br)c1C)nc1nccn12. The Hall–Kier alpha value is -2.84. The summed E-state index contributed by atoms with van der Waals surface area (Å²) in [7, 11) is 1.66. The lowest BCUT2D eigenvalue weighted by Gasteiger charge is -2.21. The van der Waals surface area contributed by atoms with Crippen LogP contribution in [0.3, 0.4) is 0 Å². The van der Waals surface area contributed by atoms with Gasteiger partial charge in [0.05, 0.1) is 31.9 Å². The molecule has 3 heterocycles. The molecule has 166 valence electrons. The van der Waals surface area contributed by atoms with E-state index in [0.717, 1.165) is 27.6 Å². The minimum atomic E-state index is 0.0194. The molecule has 1 N–H and O–H groups in total. The molecule has 0 saturated carbocycles. The van der Waals surface area contributed by atoms with Crippen LogP contribution in [0.2, 0.25) is 0 Å². The highest BCUT2D eigenvalue weighted by atomic mass is 79.9. The van der Waals surface area contributed by atoms with Crippen LogP contribution in [0, 0.1) is 6.92 Å². The van der Waals surface area contributed by atoms with Crippen LogP contribution < -0.4 is 14.8 Å². The van der Waals surface area contributed by atoms with E-state index in [1.54, 1.807) is 13.3 Å². The van der Waals surface area contributed by atoms with Gasteiger partial charge in [-0.1, -0.05) is 28.1 Å². The van der Waals surface area contributed by atoms with Gasteiger partial charge in [0, 0.05) is 34.7 Å². The number of anilines is 1. The lowest BCUT2D eigenvalue weighted by Crippen LogP contribution is -2.16. The van der Waals surface area contributed by atoms with Crippen molar-refractivity contribution in [2.45, 2.75) is 32.4 Å². The molecule has 2 aromatic carbocycles. The molecule has 0 aliphatic carbocycles. The lowest BCUT2D eigenvalue weighted by molar-refractivity contribution is 0.139. The molecule has 7 nitrogen and oxygen atoms in total. The van der Waals surface area contributed by atoms with Gasteiger partial charge < -0.3 is 19.5 Å². The van der Waals surface area contributed by atoms with Gasteiger partial charge in [0.15, 0.2) is 11.5 Å². The lowest BCUT2D eigenvalue weighted by atomic mass is 10.0. The van der Waals surface area contributed by atoms with Gasteiger partial charge in [0.25, 0.3) is 0 Å². The molecule has 0 spiro atoms. The Labute approximate surface area is 194 Å². The van der Waals surface area contributed by atoms with Crippen LogP contribution in [0.15, 0.2) is 47.2 Å². The molecule has 1 aliphatic heterocycles. The molecule has 1 saturated heterocycles. The Kier molecular flexibility index (Phi) is 5.65. The first-order valence-electron chi connectivity index (χ1n) is 10.7. The summed E-state index contributed by atoms with van der Waals surface area (Å²) in [6.45, 7) is 5.55. The Morgan fingerprint density at radius 1 is 1.28 bits per heavy atom. The Morgan fingerprint density at radius 3 is 2.94 bits per heavy atom. The number of nitrogens with one attached hydrogen (secondary N) is 1. The number of aromatic nitrogens is 3. The van der Waals surface area contributed by atoms with E-state index in [0.29, 0.717) is 30.5 Å². The van der Waals surface area contributed by atoms with Crippen LogP contribution >= 0.6 is 15.9 Å². The predicted octanol–water partition coefficient (Wildman–Crippen LogP) is 5.30. The summed E-state index contributed by atoms with van der Waals surface area (Å²) in [5, 5.41) is 4.54. The first-order chi connectivity index (χ1) is 15.5. The van der Waals surface area contributed by atoms with Crippen molar-refractivity contribution in [2.24, 2.45) is 0 Å². The molecular weight excluding hydrogens is 472 g/mol. The van der Waals surface area contributed by atoms with Crippen LogP contribution in [-0.2, 0) is 4.74 Å². The predicted molar refractivity (Wildman–Crippen MR) is 128 cm³/mol. The quantitative estimate of drug-likeness (QED) is 0.390. The fraction of sp³-hybridized carbons (Fsp3) is 0.333. The maximum absolute atomic E-state index is 6.24. The molecule has 0 amide bonds. The number of benzene rings is 2. The Balaban J connectivity index is 1.62. The molecule has 5 rings (SSSR count). The molecule has 0 bridgehead atoms.